The number of pyridine rings is 1. The summed E-state index contributed by atoms with van der Waals surface area (Å²) in [5, 5.41) is 0. The van der Waals surface area contributed by atoms with Gasteiger partial charge in [0.05, 0.1) is 25.0 Å². The lowest BCUT2D eigenvalue weighted by Crippen LogP contribution is -2.46. The number of aryl methyl sites for hydroxylation is 1. The van der Waals surface area contributed by atoms with Crippen molar-refractivity contribution in [2.24, 2.45) is 0 Å². The summed E-state index contributed by atoms with van der Waals surface area (Å²) in [6.07, 6.45) is -1.08. The molecular formula is C22H19F3N4O4. The van der Waals surface area contributed by atoms with E-state index in [1.54, 1.807) is 29.2 Å². The minimum absolute atomic E-state index is 0.00933. The Hall–Kier alpha value is -3.76. The van der Waals surface area contributed by atoms with Crippen LogP contribution in [0.4, 0.5) is 13.2 Å². The topological polar surface area (TPSA) is 78.6 Å². The molecule has 1 amide bonds. The molecule has 1 aromatic carbocycles. The molecule has 11 heteroatoms. The van der Waals surface area contributed by atoms with Crippen LogP contribution in [-0.4, -0.2) is 50.7 Å². The zero-order chi connectivity index (χ0) is 23.3. The first-order chi connectivity index (χ1) is 15.7. The predicted molar refractivity (Wildman–Crippen MR) is 110 cm³/mol. The van der Waals surface area contributed by atoms with Gasteiger partial charge in [-0.2, -0.15) is 8.78 Å². The lowest BCUT2D eigenvalue weighted by atomic mass is 10.1. The number of nitrogens with zero attached hydrogens (tertiary/aromatic N) is 4. The molecule has 3 aromatic rings. The van der Waals surface area contributed by atoms with Crippen molar-refractivity contribution in [2.75, 3.05) is 19.7 Å². The van der Waals surface area contributed by atoms with E-state index in [2.05, 4.69) is 9.72 Å². The highest BCUT2D eigenvalue weighted by Crippen LogP contribution is 2.44. The van der Waals surface area contributed by atoms with Crippen molar-refractivity contribution < 1.29 is 27.4 Å². The van der Waals surface area contributed by atoms with Gasteiger partial charge in [0.15, 0.2) is 11.5 Å². The number of hydrogen-bond donors (Lipinski definition) is 0. The van der Waals surface area contributed by atoms with Gasteiger partial charge in [-0.3, -0.25) is 9.59 Å². The summed E-state index contributed by atoms with van der Waals surface area (Å²) < 4.78 is 54.1. The van der Waals surface area contributed by atoms with Crippen LogP contribution < -0.4 is 15.0 Å². The van der Waals surface area contributed by atoms with E-state index >= 15 is 0 Å². The maximum absolute atomic E-state index is 13.8. The molecule has 33 heavy (non-hydrogen) atoms. The van der Waals surface area contributed by atoms with Crippen LogP contribution in [-0.2, 0) is 13.0 Å². The number of aromatic nitrogens is 3. The van der Waals surface area contributed by atoms with Crippen molar-refractivity contribution in [3.8, 4) is 17.2 Å². The first kappa shape index (κ1) is 21.1. The summed E-state index contributed by atoms with van der Waals surface area (Å²) in [6, 6.07) is 5.44. The number of alkyl halides is 2. The second-order valence-corrected chi connectivity index (χ2v) is 7.89. The van der Waals surface area contributed by atoms with Gasteiger partial charge in [0.2, 0.25) is 0 Å². The molecule has 0 N–H and O–H groups in total. The zero-order valence-electron chi connectivity index (χ0n) is 17.6. The van der Waals surface area contributed by atoms with Crippen LogP contribution in [0.25, 0.3) is 5.69 Å². The molecule has 4 heterocycles. The molecule has 0 bridgehead atoms. The zero-order valence-corrected chi connectivity index (χ0v) is 17.6. The van der Waals surface area contributed by atoms with Crippen LogP contribution in [0, 0.1) is 12.7 Å². The van der Waals surface area contributed by atoms with Crippen LogP contribution in [0.3, 0.4) is 0 Å². The second-order valence-electron chi connectivity index (χ2n) is 7.89. The number of hydrogen-bond acceptors (Lipinski definition) is 5. The van der Waals surface area contributed by atoms with Crippen LogP contribution in [0.1, 0.15) is 21.7 Å². The van der Waals surface area contributed by atoms with E-state index in [0.29, 0.717) is 12.2 Å². The van der Waals surface area contributed by atoms with Gasteiger partial charge in [-0.1, -0.05) is 0 Å². The maximum Gasteiger partial charge on any atom is 0.402 e. The minimum atomic E-state index is -3.49. The van der Waals surface area contributed by atoms with E-state index in [9.17, 15) is 22.8 Å². The van der Waals surface area contributed by atoms with Crippen LogP contribution in [0.15, 0.2) is 41.6 Å². The molecule has 2 aliphatic heterocycles. The van der Waals surface area contributed by atoms with Crippen molar-refractivity contribution in [3.05, 3.63) is 69.9 Å². The molecule has 0 fully saturated rings. The van der Waals surface area contributed by atoms with Crippen molar-refractivity contribution in [1.29, 1.82) is 0 Å². The Bertz CT molecular complexity index is 1320. The number of carbonyl (C=O) groups is 1. The van der Waals surface area contributed by atoms with Crippen LogP contribution in [0.2, 0.25) is 0 Å². The van der Waals surface area contributed by atoms with E-state index in [4.69, 9.17) is 4.74 Å². The van der Waals surface area contributed by atoms with Gasteiger partial charge in [-0.05, 0) is 31.2 Å². The van der Waals surface area contributed by atoms with E-state index in [1.807, 2.05) is 6.92 Å². The summed E-state index contributed by atoms with van der Waals surface area (Å²) >= 11 is 0. The van der Waals surface area contributed by atoms with Crippen LogP contribution in [0.5, 0.6) is 11.5 Å². The highest BCUT2D eigenvalue weighted by atomic mass is 19.3. The number of amides is 1. The summed E-state index contributed by atoms with van der Waals surface area (Å²) in [6.45, 7) is 2.52. The molecule has 0 saturated heterocycles. The lowest BCUT2D eigenvalue weighted by molar-refractivity contribution is -0.159. The fourth-order valence-corrected chi connectivity index (χ4v) is 4.05. The average molecular weight is 460 g/mol. The van der Waals surface area contributed by atoms with Crippen molar-refractivity contribution in [3.63, 3.8) is 0 Å². The molecule has 2 aliphatic rings. The number of halogens is 3. The molecule has 8 nitrogen and oxygen atoms in total. The standard InChI is InChI=1S/C22H19F3N4O4/c1-13-11-28(12-26-13)16-3-4-17-20(30)27(6-7-29(17)21(16)31)8-9-32-18-5-2-15(23)14-10-22(24,25)33-19(14)18/h2-5,11-12H,6-10H2,1H3. The monoisotopic (exact) mass is 460 g/mol. The predicted octanol–water partition coefficient (Wildman–Crippen LogP) is 2.54. The Labute approximate surface area is 185 Å². The number of carbonyl (C=O) groups excluding carboxylic acids is 1. The summed E-state index contributed by atoms with van der Waals surface area (Å²) in [5.74, 6) is -1.45. The molecule has 0 spiro atoms. The van der Waals surface area contributed by atoms with Crippen molar-refractivity contribution >= 4 is 5.91 Å². The first-order valence-electron chi connectivity index (χ1n) is 10.3. The Morgan fingerprint density at radius 3 is 2.76 bits per heavy atom. The third-order valence-electron chi connectivity index (χ3n) is 5.66. The van der Waals surface area contributed by atoms with Crippen molar-refractivity contribution in [2.45, 2.75) is 26.0 Å². The van der Waals surface area contributed by atoms with E-state index in [-0.39, 0.29) is 53.9 Å². The number of imidazole rings is 1. The number of ether oxygens (including phenoxy) is 2. The van der Waals surface area contributed by atoms with Gasteiger partial charge in [-0.15, -0.1) is 0 Å². The Morgan fingerprint density at radius 1 is 1.18 bits per heavy atom. The summed E-state index contributed by atoms with van der Waals surface area (Å²) in [7, 11) is 0. The number of benzene rings is 1. The Balaban J connectivity index is 1.29. The van der Waals surface area contributed by atoms with E-state index < -0.39 is 18.3 Å². The van der Waals surface area contributed by atoms with Gasteiger partial charge in [0.1, 0.15) is 23.8 Å². The lowest BCUT2D eigenvalue weighted by Gasteiger charge is -2.29. The Morgan fingerprint density at radius 2 is 2.00 bits per heavy atom. The van der Waals surface area contributed by atoms with E-state index in [1.165, 1.54) is 15.5 Å². The Kier molecular flexibility index (Phi) is 4.91. The number of rotatable bonds is 5. The molecular weight excluding hydrogens is 441 g/mol. The maximum atomic E-state index is 13.8. The molecule has 0 unspecified atom stereocenters. The second kappa shape index (κ2) is 7.68. The molecule has 172 valence electrons. The van der Waals surface area contributed by atoms with Gasteiger partial charge in [-0.25, -0.2) is 9.37 Å². The summed E-state index contributed by atoms with van der Waals surface area (Å²) in [4.78, 5) is 31.4. The summed E-state index contributed by atoms with van der Waals surface area (Å²) in [5.41, 5.74) is 0.876. The molecule has 0 saturated carbocycles. The molecule has 0 atom stereocenters. The van der Waals surface area contributed by atoms with Gasteiger partial charge in [0, 0.05) is 24.8 Å². The highest BCUT2D eigenvalue weighted by Gasteiger charge is 2.43. The fraction of sp³-hybridized carbons (Fsp3) is 0.318. The molecule has 2 aromatic heterocycles. The molecule has 5 rings (SSSR count). The van der Waals surface area contributed by atoms with Gasteiger partial charge < -0.3 is 23.5 Å². The largest absolute Gasteiger partial charge is 0.488 e. The normalized spacial score (nSPS) is 16.4. The first-order valence-corrected chi connectivity index (χ1v) is 10.3. The minimum Gasteiger partial charge on any atom is -0.488 e. The SMILES string of the molecule is Cc1cn(-c2ccc3n(c2=O)CCN(CCOc2ccc(F)c4c2OC(F)(F)C4)C3=O)cn1. The van der Waals surface area contributed by atoms with Crippen LogP contribution >= 0.6 is 0 Å². The molecule has 0 aliphatic carbocycles. The van der Waals surface area contributed by atoms with Crippen molar-refractivity contribution in [1.82, 2.24) is 19.0 Å². The number of fused-ring (bicyclic) bond motifs is 2. The van der Waals surface area contributed by atoms with Gasteiger partial charge in [0.25, 0.3) is 11.5 Å². The third-order valence-corrected chi connectivity index (χ3v) is 5.66. The quantitative estimate of drug-likeness (QED) is 0.585. The molecule has 0 radical (unpaired) electrons. The average Bonchev–Trinajstić information content (AvgIpc) is 3.34. The third kappa shape index (κ3) is 3.73. The fourth-order valence-electron chi connectivity index (χ4n) is 4.05. The van der Waals surface area contributed by atoms with E-state index in [0.717, 1.165) is 11.8 Å². The van der Waals surface area contributed by atoms with Gasteiger partial charge >= 0.3 is 6.11 Å². The highest BCUT2D eigenvalue weighted by molar-refractivity contribution is 5.93. The smallest absolute Gasteiger partial charge is 0.402 e.